The summed E-state index contributed by atoms with van der Waals surface area (Å²) in [5.74, 6) is 1.65. The van der Waals surface area contributed by atoms with Crippen LogP contribution in [0.2, 0.25) is 0 Å². The first-order valence-corrected chi connectivity index (χ1v) is 5.00. The summed E-state index contributed by atoms with van der Waals surface area (Å²) in [5.41, 5.74) is 6.77. The molecule has 2 heterocycles. The van der Waals surface area contributed by atoms with Gasteiger partial charge in [0.05, 0.1) is 0 Å². The Labute approximate surface area is 88.8 Å². The maximum Gasteiger partial charge on any atom is 0.123 e. The van der Waals surface area contributed by atoms with Gasteiger partial charge in [0.2, 0.25) is 0 Å². The molecule has 2 aromatic heterocycles. The van der Waals surface area contributed by atoms with Gasteiger partial charge in [-0.1, -0.05) is 6.92 Å². The van der Waals surface area contributed by atoms with Crippen molar-refractivity contribution in [2.75, 3.05) is 5.73 Å². The Morgan fingerprint density at radius 1 is 1.33 bits per heavy atom. The van der Waals surface area contributed by atoms with Gasteiger partial charge in [-0.2, -0.15) is 0 Å². The molecule has 0 radical (unpaired) electrons. The minimum Gasteiger partial charge on any atom is -0.384 e. The van der Waals surface area contributed by atoms with Crippen molar-refractivity contribution in [3.05, 3.63) is 42.1 Å². The summed E-state index contributed by atoms with van der Waals surface area (Å²) >= 11 is 0. The maximum absolute atomic E-state index is 5.62. The van der Waals surface area contributed by atoms with Crippen LogP contribution in [0.5, 0.6) is 0 Å². The minimum absolute atomic E-state index is 0.561. The van der Waals surface area contributed by atoms with Crippen molar-refractivity contribution in [2.45, 2.75) is 19.9 Å². The lowest BCUT2D eigenvalue weighted by molar-refractivity contribution is 0.731. The number of rotatable bonds is 3. The van der Waals surface area contributed by atoms with Crippen LogP contribution in [0.1, 0.15) is 18.3 Å². The second kappa shape index (κ2) is 4.13. The number of pyridine rings is 1. The van der Waals surface area contributed by atoms with E-state index in [-0.39, 0.29) is 0 Å². The first-order chi connectivity index (χ1) is 7.29. The highest BCUT2D eigenvalue weighted by molar-refractivity contribution is 5.31. The largest absolute Gasteiger partial charge is 0.384 e. The lowest BCUT2D eigenvalue weighted by atomic mass is 10.2. The summed E-state index contributed by atoms with van der Waals surface area (Å²) < 4.78 is 2.12. The van der Waals surface area contributed by atoms with Crippen molar-refractivity contribution in [2.24, 2.45) is 0 Å². The zero-order valence-electron chi connectivity index (χ0n) is 8.72. The number of aromatic nitrogens is 3. The molecular formula is C11H14N4. The van der Waals surface area contributed by atoms with E-state index in [1.807, 2.05) is 24.5 Å². The van der Waals surface area contributed by atoms with Crippen molar-refractivity contribution >= 4 is 5.82 Å². The van der Waals surface area contributed by atoms with Gasteiger partial charge in [0.25, 0.3) is 0 Å². The molecule has 0 aliphatic carbocycles. The van der Waals surface area contributed by atoms with Crippen molar-refractivity contribution < 1.29 is 0 Å². The van der Waals surface area contributed by atoms with Crippen LogP contribution >= 0.6 is 0 Å². The molecule has 15 heavy (non-hydrogen) atoms. The van der Waals surface area contributed by atoms with E-state index in [1.165, 1.54) is 0 Å². The van der Waals surface area contributed by atoms with Gasteiger partial charge in [0, 0.05) is 31.6 Å². The molecular weight excluding hydrogens is 188 g/mol. The molecule has 4 heteroatoms. The van der Waals surface area contributed by atoms with E-state index in [0.717, 1.165) is 24.4 Å². The number of aryl methyl sites for hydroxylation is 1. The molecule has 0 aliphatic heterocycles. The third kappa shape index (κ3) is 2.15. The first kappa shape index (κ1) is 9.71. The van der Waals surface area contributed by atoms with Crippen LogP contribution in [-0.2, 0) is 13.0 Å². The standard InChI is InChI=1S/C11H14N4/c1-2-11-14-5-6-15(11)8-9-3-4-13-10(12)7-9/h3-7H,2,8H2,1H3,(H2,12,13). The average Bonchev–Trinajstić information content (AvgIpc) is 2.65. The molecule has 78 valence electrons. The lowest BCUT2D eigenvalue weighted by Gasteiger charge is -2.06. The van der Waals surface area contributed by atoms with Crippen molar-refractivity contribution in [3.63, 3.8) is 0 Å². The summed E-state index contributed by atoms with van der Waals surface area (Å²) in [6.07, 6.45) is 6.47. The molecule has 0 fully saturated rings. The van der Waals surface area contributed by atoms with Crippen LogP contribution in [-0.4, -0.2) is 14.5 Å². The molecule has 2 N–H and O–H groups in total. The van der Waals surface area contributed by atoms with Crippen molar-refractivity contribution in [3.8, 4) is 0 Å². The summed E-state index contributed by atoms with van der Waals surface area (Å²) in [6, 6.07) is 3.86. The van der Waals surface area contributed by atoms with Crippen LogP contribution in [0.15, 0.2) is 30.7 Å². The average molecular weight is 202 g/mol. The second-order valence-electron chi connectivity index (χ2n) is 3.41. The fraction of sp³-hybridized carbons (Fsp3) is 0.273. The predicted octanol–water partition coefficient (Wildman–Crippen LogP) is 1.47. The molecule has 0 aliphatic rings. The van der Waals surface area contributed by atoms with E-state index in [9.17, 15) is 0 Å². The molecule has 2 aromatic rings. The smallest absolute Gasteiger partial charge is 0.123 e. The molecule has 0 saturated carbocycles. The Bertz CT molecular complexity index is 447. The Balaban J connectivity index is 2.22. The summed E-state index contributed by atoms with van der Waals surface area (Å²) in [4.78, 5) is 8.23. The van der Waals surface area contributed by atoms with Crippen molar-refractivity contribution in [1.29, 1.82) is 0 Å². The maximum atomic E-state index is 5.62. The Morgan fingerprint density at radius 2 is 2.20 bits per heavy atom. The highest BCUT2D eigenvalue weighted by Crippen LogP contribution is 2.07. The van der Waals surface area contributed by atoms with Gasteiger partial charge < -0.3 is 10.3 Å². The van der Waals surface area contributed by atoms with Crippen LogP contribution in [0, 0.1) is 0 Å². The molecule has 2 rings (SSSR count). The highest BCUT2D eigenvalue weighted by atomic mass is 15.1. The molecule has 0 amide bonds. The van der Waals surface area contributed by atoms with Crippen LogP contribution in [0.25, 0.3) is 0 Å². The topological polar surface area (TPSA) is 56.7 Å². The van der Waals surface area contributed by atoms with E-state index >= 15 is 0 Å². The van der Waals surface area contributed by atoms with Gasteiger partial charge in [-0.15, -0.1) is 0 Å². The second-order valence-corrected chi connectivity index (χ2v) is 3.41. The van der Waals surface area contributed by atoms with Gasteiger partial charge >= 0.3 is 0 Å². The molecule has 0 unspecified atom stereocenters. The number of imidazole rings is 1. The number of anilines is 1. The van der Waals surface area contributed by atoms with Crippen molar-refractivity contribution in [1.82, 2.24) is 14.5 Å². The third-order valence-corrected chi connectivity index (χ3v) is 2.32. The normalized spacial score (nSPS) is 10.5. The van der Waals surface area contributed by atoms with E-state index in [2.05, 4.69) is 21.5 Å². The van der Waals surface area contributed by atoms with Crippen LogP contribution in [0.3, 0.4) is 0 Å². The van der Waals surface area contributed by atoms with E-state index < -0.39 is 0 Å². The monoisotopic (exact) mass is 202 g/mol. The SMILES string of the molecule is CCc1nccn1Cc1ccnc(N)c1. The number of nitrogen functional groups attached to an aromatic ring is 1. The summed E-state index contributed by atoms with van der Waals surface area (Å²) in [5, 5.41) is 0. The Hall–Kier alpha value is -1.84. The lowest BCUT2D eigenvalue weighted by Crippen LogP contribution is -2.04. The number of hydrogen-bond acceptors (Lipinski definition) is 3. The fourth-order valence-corrected chi connectivity index (χ4v) is 1.59. The van der Waals surface area contributed by atoms with Gasteiger partial charge in [0.15, 0.2) is 0 Å². The minimum atomic E-state index is 0.561. The number of hydrogen-bond donors (Lipinski definition) is 1. The number of nitrogens with two attached hydrogens (primary N) is 1. The van der Waals surface area contributed by atoms with E-state index in [1.54, 1.807) is 6.20 Å². The molecule has 0 spiro atoms. The van der Waals surface area contributed by atoms with Gasteiger partial charge in [-0.25, -0.2) is 9.97 Å². The predicted molar refractivity (Wildman–Crippen MR) is 59.4 cm³/mol. The number of nitrogens with zero attached hydrogens (tertiary/aromatic N) is 3. The van der Waals surface area contributed by atoms with E-state index in [0.29, 0.717) is 5.82 Å². The fourth-order valence-electron chi connectivity index (χ4n) is 1.59. The highest BCUT2D eigenvalue weighted by Gasteiger charge is 2.01. The van der Waals surface area contributed by atoms with Gasteiger partial charge in [0.1, 0.15) is 11.6 Å². The molecule has 0 aromatic carbocycles. The molecule has 0 atom stereocenters. The Morgan fingerprint density at radius 3 is 2.93 bits per heavy atom. The van der Waals surface area contributed by atoms with E-state index in [4.69, 9.17) is 5.73 Å². The van der Waals surface area contributed by atoms with Gasteiger partial charge in [-0.3, -0.25) is 0 Å². The van der Waals surface area contributed by atoms with Crippen LogP contribution in [0.4, 0.5) is 5.82 Å². The quantitative estimate of drug-likeness (QED) is 0.820. The van der Waals surface area contributed by atoms with Gasteiger partial charge in [-0.05, 0) is 17.7 Å². The zero-order chi connectivity index (χ0) is 10.7. The summed E-state index contributed by atoms with van der Waals surface area (Å²) in [7, 11) is 0. The van der Waals surface area contributed by atoms with Crippen LogP contribution < -0.4 is 5.73 Å². The Kier molecular flexibility index (Phi) is 2.67. The zero-order valence-corrected chi connectivity index (χ0v) is 8.72. The first-order valence-electron chi connectivity index (χ1n) is 5.00. The third-order valence-electron chi connectivity index (χ3n) is 2.32. The molecule has 0 saturated heterocycles. The molecule has 4 nitrogen and oxygen atoms in total. The summed E-state index contributed by atoms with van der Waals surface area (Å²) in [6.45, 7) is 2.90. The molecule has 0 bridgehead atoms.